The lowest BCUT2D eigenvalue weighted by Gasteiger charge is -2.13. The van der Waals surface area contributed by atoms with Gasteiger partial charge in [-0.25, -0.2) is 13.2 Å². The summed E-state index contributed by atoms with van der Waals surface area (Å²) in [7, 11) is 0. The highest BCUT2D eigenvalue weighted by molar-refractivity contribution is 5.28. The van der Waals surface area contributed by atoms with Crippen LogP contribution >= 0.6 is 0 Å². The fraction of sp³-hybridized carbons (Fsp3) is 0.200. The minimum atomic E-state index is -1.00. The summed E-state index contributed by atoms with van der Waals surface area (Å²) in [6, 6.07) is 8.00. The summed E-state index contributed by atoms with van der Waals surface area (Å²) in [5, 5.41) is 9.99. The van der Waals surface area contributed by atoms with Gasteiger partial charge in [0.05, 0.1) is 6.10 Å². The second kappa shape index (κ2) is 5.45. The first-order chi connectivity index (χ1) is 8.99. The van der Waals surface area contributed by atoms with Crippen LogP contribution in [-0.2, 0) is 6.42 Å². The SMILES string of the molecule is Cc1cc(C(O)Cc2cccc(F)c2F)ccc1F. The Morgan fingerprint density at radius 2 is 1.79 bits per heavy atom. The van der Waals surface area contributed by atoms with E-state index in [9.17, 15) is 18.3 Å². The number of rotatable bonds is 3. The normalized spacial score (nSPS) is 12.5. The predicted octanol–water partition coefficient (Wildman–Crippen LogP) is 3.69. The molecule has 0 aliphatic rings. The first-order valence-corrected chi connectivity index (χ1v) is 5.86. The van der Waals surface area contributed by atoms with E-state index in [0.717, 1.165) is 6.07 Å². The highest BCUT2D eigenvalue weighted by Crippen LogP contribution is 2.22. The van der Waals surface area contributed by atoms with Crippen molar-refractivity contribution in [2.45, 2.75) is 19.4 Å². The summed E-state index contributed by atoms with van der Waals surface area (Å²) in [5.74, 6) is -2.27. The zero-order valence-electron chi connectivity index (χ0n) is 10.3. The van der Waals surface area contributed by atoms with E-state index in [-0.39, 0.29) is 17.8 Å². The summed E-state index contributed by atoms with van der Waals surface area (Å²) in [4.78, 5) is 0. The lowest BCUT2D eigenvalue weighted by molar-refractivity contribution is 0.176. The maximum Gasteiger partial charge on any atom is 0.162 e. The molecule has 1 N–H and O–H groups in total. The lowest BCUT2D eigenvalue weighted by atomic mass is 9.99. The topological polar surface area (TPSA) is 20.2 Å². The Morgan fingerprint density at radius 1 is 1.05 bits per heavy atom. The van der Waals surface area contributed by atoms with Crippen LogP contribution in [-0.4, -0.2) is 5.11 Å². The molecule has 0 aliphatic carbocycles. The highest BCUT2D eigenvalue weighted by atomic mass is 19.2. The van der Waals surface area contributed by atoms with Crippen molar-refractivity contribution >= 4 is 0 Å². The smallest absolute Gasteiger partial charge is 0.162 e. The van der Waals surface area contributed by atoms with Crippen LogP contribution in [0.2, 0.25) is 0 Å². The van der Waals surface area contributed by atoms with Gasteiger partial charge in [-0.2, -0.15) is 0 Å². The van der Waals surface area contributed by atoms with E-state index < -0.39 is 17.7 Å². The fourth-order valence-electron chi connectivity index (χ4n) is 1.91. The van der Waals surface area contributed by atoms with Gasteiger partial charge in [0.1, 0.15) is 5.82 Å². The highest BCUT2D eigenvalue weighted by Gasteiger charge is 2.14. The van der Waals surface area contributed by atoms with Crippen LogP contribution in [0.15, 0.2) is 36.4 Å². The Labute approximate surface area is 109 Å². The molecule has 2 aromatic carbocycles. The standard InChI is InChI=1S/C15H13F3O/c1-9-7-10(5-6-12(9)16)14(19)8-11-3-2-4-13(17)15(11)18/h2-7,14,19H,8H2,1H3. The minimum absolute atomic E-state index is 0.0608. The van der Waals surface area contributed by atoms with Gasteiger partial charge in [-0.15, -0.1) is 0 Å². The monoisotopic (exact) mass is 266 g/mol. The van der Waals surface area contributed by atoms with E-state index in [1.807, 2.05) is 0 Å². The van der Waals surface area contributed by atoms with E-state index in [4.69, 9.17) is 0 Å². The molecule has 0 fully saturated rings. The van der Waals surface area contributed by atoms with E-state index in [2.05, 4.69) is 0 Å². The van der Waals surface area contributed by atoms with Crippen LogP contribution in [0.4, 0.5) is 13.2 Å². The summed E-state index contributed by atoms with van der Waals surface area (Å²) in [6.07, 6.45) is -1.06. The van der Waals surface area contributed by atoms with Crippen molar-refractivity contribution in [1.82, 2.24) is 0 Å². The van der Waals surface area contributed by atoms with Crippen LogP contribution in [0, 0.1) is 24.4 Å². The summed E-state index contributed by atoms with van der Waals surface area (Å²) < 4.78 is 39.6. The number of halogens is 3. The van der Waals surface area contributed by atoms with E-state index in [1.165, 1.54) is 30.3 Å². The molecule has 19 heavy (non-hydrogen) atoms. The molecule has 0 saturated carbocycles. The predicted molar refractivity (Wildman–Crippen MR) is 66.2 cm³/mol. The molecule has 0 radical (unpaired) electrons. The van der Waals surface area contributed by atoms with Crippen molar-refractivity contribution in [2.75, 3.05) is 0 Å². The van der Waals surface area contributed by atoms with Crippen molar-refractivity contribution in [3.8, 4) is 0 Å². The van der Waals surface area contributed by atoms with Crippen LogP contribution < -0.4 is 0 Å². The maximum atomic E-state index is 13.5. The van der Waals surface area contributed by atoms with Gasteiger partial charge < -0.3 is 5.11 Å². The molecule has 0 bridgehead atoms. The minimum Gasteiger partial charge on any atom is -0.388 e. The van der Waals surface area contributed by atoms with Gasteiger partial charge in [0.2, 0.25) is 0 Å². The van der Waals surface area contributed by atoms with Crippen LogP contribution in [0.25, 0.3) is 0 Å². The largest absolute Gasteiger partial charge is 0.388 e. The zero-order chi connectivity index (χ0) is 14.0. The molecular weight excluding hydrogens is 253 g/mol. The van der Waals surface area contributed by atoms with E-state index in [1.54, 1.807) is 6.92 Å². The van der Waals surface area contributed by atoms with E-state index >= 15 is 0 Å². The first-order valence-electron chi connectivity index (χ1n) is 5.86. The molecule has 2 aromatic rings. The van der Waals surface area contributed by atoms with E-state index in [0.29, 0.717) is 11.1 Å². The maximum absolute atomic E-state index is 13.5. The van der Waals surface area contributed by atoms with Crippen LogP contribution in [0.3, 0.4) is 0 Å². The second-order valence-electron chi connectivity index (χ2n) is 4.44. The Balaban J connectivity index is 2.23. The molecule has 0 saturated heterocycles. The second-order valence-corrected chi connectivity index (χ2v) is 4.44. The van der Waals surface area contributed by atoms with Crippen molar-refractivity contribution in [3.63, 3.8) is 0 Å². The molecule has 4 heteroatoms. The molecule has 0 aromatic heterocycles. The number of aryl methyl sites for hydroxylation is 1. The van der Waals surface area contributed by atoms with Crippen LogP contribution in [0.1, 0.15) is 22.8 Å². The third-order valence-electron chi connectivity index (χ3n) is 3.01. The Kier molecular flexibility index (Phi) is 3.90. The molecule has 100 valence electrons. The summed E-state index contributed by atoms with van der Waals surface area (Å²) >= 11 is 0. The Bertz CT molecular complexity index is 596. The number of hydrogen-bond donors (Lipinski definition) is 1. The zero-order valence-corrected chi connectivity index (χ0v) is 10.3. The van der Waals surface area contributed by atoms with Gasteiger partial charge >= 0.3 is 0 Å². The molecule has 0 spiro atoms. The number of benzene rings is 2. The van der Waals surface area contributed by atoms with Gasteiger partial charge in [0.15, 0.2) is 11.6 Å². The molecule has 0 heterocycles. The average molecular weight is 266 g/mol. The van der Waals surface area contributed by atoms with Crippen molar-refractivity contribution in [3.05, 3.63) is 70.5 Å². The van der Waals surface area contributed by atoms with Gasteiger partial charge in [-0.3, -0.25) is 0 Å². The molecule has 2 rings (SSSR count). The van der Waals surface area contributed by atoms with Gasteiger partial charge in [-0.05, 0) is 35.7 Å². The Morgan fingerprint density at radius 3 is 2.47 bits per heavy atom. The van der Waals surface area contributed by atoms with Crippen molar-refractivity contribution in [1.29, 1.82) is 0 Å². The molecule has 1 nitrogen and oxygen atoms in total. The first kappa shape index (κ1) is 13.6. The summed E-state index contributed by atoms with van der Waals surface area (Å²) in [6.45, 7) is 1.58. The molecular formula is C15H13F3O. The third kappa shape index (κ3) is 2.96. The molecule has 1 atom stereocenters. The quantitative estimate of drug-likeness (QED) is 0.898. The number of aliphatic hydroxyl groups excluding tert-OH is 1. The van der Waals surface area contributed by atoms with Gasteiger partial charge in [0, 0.05) is 6.42 Å². The number of hydrogen-bond acceptors (Lipinski definition) is 1. The molecule has 1 unspecified atom stereocenters. The molecule has 0 amide bonds. The van der Waals surface area contributed by atoms with Gasteiger partial charge in [0.25, 0.3) is 0 Å². The average Bonchev–Trinajstić information content (AvgIpc) is 2.38. The summed E-state index contributed by atoms with van der Waals surface area (Å²) in [5.41, 5.74) is 0.966. The van der Waals surface area contributed by atoms with Crippen molar-refractivity contribution in [2.24, 2.45) is 0 Å². The lowest BCUT2D eigenvalue weighted by Crippen LogP contribution is -2.05. The number of aliphatic hydroxyl groups is 1. The van der Waals surface area contributed by atoms with Crippen molar-refractivity contribution < 1.29 is 18.3 Å². The van der Waals surface area contributed by atoms with Gasteiger partial charge in [-0.1, -0.05) is 24.3 Å². The third-order valence-corrected chi connectivity index (χ3v) is 3.01. The molecule has 0 aliphatic heterocycles. The Hall–Kier alpha value is -1.81. The fourth-order valence-corrected chi connectivity index (χ4v) is 1.91. The van der Waals surface area contributed by atoms with Crippen LogP contribution in [0.5, 0.6) is 0 Å².